The van der Waals surface area contributed by atoms with Gasteiger partial charge in [-0.05, 0) is 24.0 Å². The minimum Gasteiger partial charge on any atom is -0.481 e. The maximum atomic E-state index is 13.4. The number of nitrogens with one attached hydrogen (secondary N) is 5. The number of H-pyrrole nitrogens is 2. The van der Waals surface area contributed by atoms with Crippen molar-refractivity contribution in [2.75, 3.05) is 0 Å². The van der Waals surface area contributed by atoms with E-state index >= 15 is 0 Å². The maximum Gasteiger partial charge on any atom is 0.326 e. The minimum absolute atomic E-state index is 0.0106. The molecular formula is C27H35N7O7. The molecule has 14 heteroatoms. The molecule has 220 valence electrons. The first-order chi connectivity index (χ1) is 19.4. The lowest BCUT2D eigenvalue weighted by Gasteiger charge is -2.25. The van der Waals surface area contributed by atoms with Crippen LogP contribution in [0.5, 0.6) is 0 Å². The zero-order valence-corrected chi connectivity index (χ0v) is 22.7. The van der Waals surface area contributed by atoms with Crippen LogP contribution in [0.2, 0.25) is 0 Å². The number of imidazole rings is 1. The Morgan fingerprint density at radius 1 is 0.902 bits per heavy atom. The van der Waals surface area contributed by atoms with Gasteiger partial charge < -0.3 is 41.9 Å². The SMILES string of the molecule is CC(C)CC(NC(=O)C(N)CC(=O)O)C(=O)NC(Cc1cnc[nH]1)C(=O)NC(Cc1c[nH]c2ccccc12)C(=O)O. The number of fused-ring (bicyclic) bond motifs is 1. The second kappa shape index (κ2) is 14.1. The molecule has 0 saturated carbocycles. The van der Waals surface area contributed by atoms with Crippen molar-refractivity contribution < 1.29 is 34.2 Å². The molecular weight excluding hydrogens is 534 g/mol. The number of carboxylic acid groups (broad SMARTS) is 2. The smallest absolute Gasteiger partial charge is 0.326 e. The van der Waals surface area contributed by atoms with Gasteiger partial charge in [0.1, 0.15) is 18.1 Å². The van der Waals surface area contributed by atoms with E-state index in [1.807, 2.05) is 38.1 Å². The number of aliphatic carboxylic acids is 2. The standard InChI is InChI=1S/C27H35N7O7/c1-14(2)7-20(32-24(37)18(28)10-23(35)36)25(38)33-21(9-16-12-29-13-31-16)26(39)34-22(27(40)41)8-15-11-30-19-6-4-3-5-17(15)19/h3-6,11-14,18,20-22,30H,7-10,28H2,1-2H3,(H,29,31)(H,32,37)(H,33,38)(H,34,39)(H,35,36)(H,40,41). The average molecular weight is 570 g/mol. The van der Waals surface area contributed by atoms with Crippen LogP contribution in [0.15, 0.2) is 43.0 Å². The van der Waals surface area contributed by atoms with E-state index < -0.39 is 60.2 Å². The van der Waals surface area contributed by atoms with Gasteiger partial charge in [0.05, 0.1) is 18.8 Å². The van der Waals surface area contributed by atoms with E-state index in [9.17, 15) is 29.1 Å². The van der Waals surface area contributed by atoms with Crippen molar-refractivity contribution in [3.05, 3.63) is 54.2 Å². The summed E-state index contributed by atoms with van der Waals surface area (Å²) in [6.07, 6.45) is 4.04. The summed E-state index contributed by atoms with van der Waals surface area (Å²) in [5.41, 5.74) is 7.67. The number of benzene rings is 1. The van der Waals surface area contributed by atoms with E-state index in [0.29, 0.717) is 11.3 Å². The summed E-state index contributed by atoms with van der Waals surface area (Å²) in [4.78, 5) is 72.1. The number of aromatic amines is 2. The first-order valence-corrected chi connectivity index (χ1v) is 13.1. The molecule has 2 heterocycles. The van der Waals surface area contributed by atoms with E-state index in [1.165, 1.54) is 12.5 Å². The van der Waals surface area contributed by atoms with Crippen LogP contribution in [0, 0.1) is 5.92 Å². The molecule has 14 nitrogen and oxygen atoms in total. The first-order valence-electron chi connectivity index (χ1n) is 13.1. The molecule has 9 N–H and O–H groups in total. The zero-order valence-electron chi connectivity index (χ0n) is 22.7. The van der Waals surface area contributed by atoms with Crippen LogP contribution in [0.3, 0.4) is 0 Å². The molecule has 0 fully saturated rings. The molecule has 1 aromatic carbocycles. The number of carbonyl (C=O) groups excluding carboxylic acids is 3. The fourth-order valence-corrected chi connectivity index (χ4v) is 4.35. The third kappa shape index (κ3) is 8.89. The Morgan fingerprint density at radius 3 is 2.20 bits per heavy atom. The average Bonchev–Trinajstić information content (AvgIpc) is 3.56. The third-order valence-corrected chi connectivity index (χ3v) is 6.40. The molecule has 0 spiro atoms. The van der Waals surface area contributed by atoms with Gasteiger partial charge in [0.15, 0.2) is 0 Å². The van der Waals surface area contributed by atoms with Crippen LogP contribution in [-0.2, 0) is 36.8 Å². The second-order valence-corrected chi connectivity index (χ2v) is 10.2. The fraction of sp³-hybridized carbons (Fsp3) is 0.407. The Kier molecular flexibility index (Phi) is 10.6. The number of para-hydroxylation sites is 1. The molecule has 3 amide bonds. The summed E-state index contributed by atoms with van der Waals surface area (Å²) in [5.74, 6) is -4.88. The summed E-state index contributed by atoms with van der Waals surface area (Å²) in [6, 6.07) is 2.33. The highest BCUT2D eigenvalue weighted by molar-refractivity contribution is 5.95. The van der Waals surface area contributed by atoms with E-state index in [-0.39, 0.29) is 25.2 Å². The molecule has 0 aliphatic rings. The van der Waals surface area contributed by atoms with Crippen LogP contribution in [0.25, 0.3) is 10.9 Å². The number of carbonyl (C=O) groups is 5. The maximum absolute atomic E-state index is 13.4. The van der Waals surface area contributed by atoms with Gasteiger partial charge >= 0.3 is 11.9 Å². The van der Waals surface area contributed by atoms with E-state index in [1.54, 1.807) is 6.20 Å². The van der Waals surface area contributed by atoms with Gasteiger partial charge in [-0.25, -0.2) is 9.78 Å². The van der Waals surface area contributed by atoms with E-state index in [2.05, 4.69) is 30.9 Å². The summed E-state index contributed by atoms with van der Waals surface area (Å²) >= 11 is 0. The van der Waals surface area contributed by atoms with Crippen molar-refractivity contribution in [2.24, 2.45) is 11.7 Å². The predicted octanol–water partition coefficient (Wildman–Crippen LogP) is 0.0633. The van der Waals surface area contributed by atoms with Crippen LogP contribution in [0.4, 0.5) is 0 Å². The van der Waals surface area contributed by atoms with Gasteiger partial charge in [-0.15, -0.1) is 0 Å². The normalized spacial score (nSPS) is 14.1. The molecule has 0 aliphatic carbocycles. The number of hydrogen-bond donors (Lipinski definition) is 8. The lowest BCUT2D eigenvalue weighted by atomic mass is 10.0. The van der Waals surface area contributed by atoms with Crippen molar-refractivity contribution in [1.82, 2.24) is 30.9 Å². The highest BCUT2D eigenvalue weighted by Crippen LogP contribution is 2.19. The van der Waals surface area contributed by atoms with Gasteiger partial charge in [-0.1, -0.05) is 32.0 Å². The Morgan fingerprint density at radius 2 is 1.56 bits per heavy atom. The Bertz CT molecular complexity index is 1370. The van der Waals surface area contributed by atoms with Crippen molar-refractivity contribution in [3.63, 3.8) is 0 Å². The molecule has 2 aromatic heterocycles. The van der Waals surface area contributed by atoms with Crippen LogP contribution >= 0.6 is 0 Å². The van der Waals surface area contributed by atoms with Crippen LogP contribution in [0.1, 0.15) is 37.9 Å². The highest BCUT2D eigenvalue weighted by Gasteiger charge is 2.31. The van der Waals surface area contributed by atoms with Crippen molar-refractivity contribution in [1.29, 1.82) is 0 Å². The number of rotatable bonds is 15. The largest absolute Gasteiger partial charge is 0.481 e. The summed E-state index contributed by atoms with van der Waals surface area (Å²) in [5, 5.41) is 27.2. The number of amides is 3. The molecule has 3 aromatic rings. The molecule has 3 rings (SSSR count). The highest BCUT2D eigenvalue weighted by atomic mass is 16.4. The molecule has 41 heavy (non-hydrogen) atoms. The van der Waals surface area contributed by atoms with Gasteiger partial charge in [-0.2, -0.15) is 0 Å². The topological polar surface area (TPSA) is 232 Å². The summed E-state index contributed by atoms with van der Waals surface area (Å²) in [7, 11) is 0. The number of nitrogens with zero attached hydrogens (tertiary/aromatic N) is 1. The first kappa shape index (κ1) is 30.8. The van der Waals surface area contributed by atoms with Gasteiger partial charge in [0.25, 0.3) is 0 Å². The van der Waals surface area contributed by atoms with Gasteiger partial charge in [0.2, 0.25) is 17.7 Å². The number of nitrogens with two attached hydrogens (primary N) is 1. The quantitative estimate of drug-likeness (QED) is 0.123. The van der Waals surface area contributed by atoms with Crippen LogP contribution in [-0.4, -0.2) is 79.0 Å². The van der Waals surface area contributed by atoms with E-state index in [4.69, 9.17) is 10.8 Å². The third-order valence-electron chi connectivity index (χ3n) is 6.40. The molecule has 0 radical (unpaired) electrons. The summed E-state index contributed by atoms with van der Waals surface area (Å²) in [6.45, 7) is 3.64. The Balaban J connectivity index is 1.78. The van der Waals surface area contributed by atoms with Crippen molar-refractivity contribution >= 4 is 40.6 Å². The minimum atomic E-state index is -1.38. The van der Waals surface area contributed by atoms with Crippen molar-refractivity contribution in [2.45, 2.75) is 63.7 Å². The molecule has 0 bridgehead atoms. The monoisotopic (exact) mass is 569 g/mol. The number of aromatic nitrogens is 3. The zero-order chi connectivity index (χ0) is 30.1. The van der Waals surface area contributed by atoms with Crippen LogP contribution < -0.4 is 21.7 Å². The fourth-order valence-electron chi connectivity index (χ4n) is 4.35. The van der Waals surface area contributed by atoms with Crippen molar-refractivity contribution in [3.8, 4) is 0 Å². The van der Waals surface area contributed by atoms with Gasteiger partial charge in [-0.3, -0.25) is 19.2 Å². The molecule has 4 unspecified atom stereocenters. The number of hydrogen-bond acceptors (Lipinski definition) is 7. The Hall–Kier alpha value is -4.72. The van der Waals surface area contributed by atoms with Gasteiger partial charge in [0, 0.05) is 41.8 Å². The molecule has 0 saturated heterocycles. The lowest BCUT2D eigenvalue weighted by Crippen LogP contribution is -2.58. The number of carboxylic acids is 2. The second-order valence-electron chi connectivity index (χ2n) is 10.2. The molecule has 4 atom stereocenters. The molecule has 0 aliphatic heterocycles. The Labute approximate surface area is 235 Å². The lowest BCUT2D eigenvalue weighted by molar-refractivity contribution is -0.142. The summed E-state index contributed by atoms with van der Waals surface area (Å²) < 4.78 is 0. The predicted molar refractivity (Wildman–Crippen MR) is 147 cm³/mol. The van der Waals surface area contributed by atoms with E-state index in [0.717, 1.165) is 10.9 Å².